The van der Waals surface area contributed by atoms with Crippen molar-refractivity contribution in [3.63, 3.8) is 0 Å². The molecule has 7 nitrogen and oxygen atoms in total. The van der Waals surface area contributed by atoms with Gasteiger partial charge in [-0.05, 0) is 43.3 Å². The zero-order valence-corrected chi connectivity index (χ0v) is 17.2. The highest BCUT2D eigenvalue weighted by molar-refractivity contribution is 5.96. The summed E-state index contributed by atoms with van der Waals surface area (Å²) in [5.74, 6) is 0.266. The molecule has 0 atom stereocenters. The van der Waals surface area contributed by atoms with Gasteiger partial charge in [0.15, 0.2) is 0 Å². The summed E-state index contributed by atoms with van der Waals surface area (Å²) in [7, 11) is 1.57. The molecule has 2 amide bonds. The molecular weight excluding hydrogens is 389 g/mol. The first-order chi connectivity index (χ1) is 14.5. The van der Waals surface area contributed by atoms with E-state index in [1.165, 1.54) is 12.1 Å². The van der Waals surface area contributed by atoms with E-state index in [0.29, 0.717) is 49.7 Å². The van der Waals surface area contributed by atoms with Crippen LogP contribution in [-0.2, 0) is 11.3 Å². The smallest absolute Gasteiger partial charge is 0.411 e. The van der Waals surface area contributed by atoms with Crippen LogP contribution in [0.15, 0.2) is 42.5 Å². The third kappa shape index (κ3) is 5.48. The molecule has 0 unspecified atom stereocenters. The molecule has 8 heteroatoms. The monoisotopic (exact) mass is 415 g/mol. The first kappa shape index (κ1) is 21.6. The van der Waals surface area contributed by atoms with Crippen LogP contribution in [0, 0.1) is 5.82 Å². The lowest BCUT2D eigenvalue weighted by molar-refractivity contribution is 0.0627. The highest BCUT2D eigenvalue weighted by atomic mass is 19.1. The van der Waals surface area contributed by atoms with Gasteiger partial charge in [-0.25, -0.2) is 9.18 Å². The first-order valence-electron chi connectivity index (χ1n) is 9.88. The number of piperazine rings is 1. The molecule has 0 aromatic heterocycles. The van der Waals surface area contributed by atoms with E-state index < -0.39 is 6.09 Å². The van der Waals surface area contributed by atoms with Crippen molar-refractivity contribution in [2.24, 2.45) is 0 Å². The van der Waals surface area contributed by atoms with Crippen LogP contribution >= 0.6 is 0 Å². The summed E-state index contributed by atoms with van der Waals surface area (Å²) in [4.78, 5) is 28.4. The van der Waals surface area contributed by atoms with Crippen LogP contribution < -0.4 is 10.1 Å². The van der Waals surface area contributed by atoms with Crippen molar-refractivity contribution >= 4 is 17.7 Å². The SMILES string of the molecule is CCOC(=O)Nc1cccc(C(=O)N2CCN(Cc3cc(F)ccc3OC)CC2)c1. The largest absolute Gasteiger partial charge is 0.496 e. The molecule has 2 aromatic carbocycles. The Labute approximate surface area is 175 Å². The van der Waals surface area contributed by atoms with Gasteiger partial charge < -0.3 is 14.4 Å². The fraction of sp³-hybridized carbons (Fsp3) is 0.364. The third-order valence-corrected chi connectivity index (χ3v) is 4.93. The van der Waals surface area contributed by atoms with Gasteiger partial charge in [0.05, 0.1) is 13.7 Å². The van der Waals surface area contributed by atoms with Gasteiger partial charge in [-0.2, -0.15) is 0 Å². The van der Waals surface area contributed by atoms with Crippen molar-refractivity contribution in [1.29, 1.82) is 0 Å². The van der Waals surface area contributed by atoms with Crippen molar-refractivity contribution < 1.29 is 23.5 Å². The van der Waals surface area contributed by atoms with Crippen LogP contribution in [0.3, 0.4) is 0 Å². The molecule has 0 spiro atoms. The second-order valence-electron chi connectivity index (χ2n) is 6.95. The summed E-state index contributed by atoms with van der Waals surface area (Å²) in [6.07, 6.45) is -0.552. The number of methoxy groups -OCH3 is 1. The number of benzene rings is 2. The van der Waals surface area contributed by atoms with Gasteiger partial charge in [0.1, 0.15) is 11.6 Å². The molecule has 0 bridgehead atoms. The highest BCUT2D eigenvalue weighted by Crippen LogP contribution is 2.22. The Balaban J connectivity index is 1.58. The van der Waals surface area contributed by atoms with E-state index in [2.05, 4.69) is 10.2 Å². The maximum Gasteiger partial charge on any atom is 0.411 e. The molecular formula is C22H26FN3O4. The Bertz CT molecular complexity index is 898. The van der Waals surface area contributed by atoms with Crippen molar-refractivity contribution in [2.45, 2.75) is 13.5 Å². The number of amides is 2. The van der Waals surface area contributed by atoms with Crippen LogP contribution in [0.2, 0.25) is 0 Å². The summed E-state index contributed by atoms with van der Waals surface area (Å²) in [6, 6.07) is 11.3. The minimum absolute atomic E-state index is 0.0921. The molecule has 160 valence electrons. The number of rotatable bonds is 6. The quantitative estimate of drug-likeness (QED) is 0.783. The maximum atomic E-state index is 13.6. The van der Waals surface area contributed by atoms with Crippen molar-refractivity contribution in [3.05, 3.63) is 59.4 Å². The van der Waals surface area contributed by atoms with Crippen molar-refractivity contribution in [2.75, 3.05) is 45.2 Å². The third-order valence-electron chi connectivity index (χ3n) is 4.93. The zero-order chi connectivity index (χ0) is 21.5. The van der Waals surface area contributed by atoms with Crippen molar-refractivity contribution in [3.8, 4) is 5.75 Å². The number of carbonyl (C=O) groups is 2. The Morgan fingerprint density at radius 3 is 2.57 bits per heavy atom. The number of halogens is 1. The van der Waals surface area contributed by atoms with E-state index in [4.69, 9.17) is 9.47 Å². The molecule has 1 fully saturated rings. The predicted molar refractivity (Wildman–Crippen MR) is 111 cm³/mol. The van der Waals surface area contributed by atoms with Gasteiger partial charge in [0.25, 0.3) is 5.91 Å². The second kappa shape index (κ2) is 10.1. The lowest BCUT2D eigenvalue weighted by Gasteiger charge is -2.35. The molecule has 1 heterocycles. The van der Waals surface area contributed by atoms with Crippen LogP contribution in [-0.4, -0.2) is 61.7 Å². The minimum atomic E-state index is -0.552. The molecule has 2 aromatic rings. The zero-order valence-electron chi connectivity index (χ0n) is 17.2. The van der Waals surface area contributed by atoms with Gasteiger partial charge in [0, 0.05) is 49.5 Å². The van der Waals surface area contributed by atoms with Gasteiger partial charge in [-0.15, -0.1) is 0 Å². The van der Waals surface area contributed by atoms with Crippen molar-refractivity contribution in [1.82, 2.24) is 9.80 Å². The predicted octanol–water partition coefficient (Wildman–Crippen LogP) is 3.36. The molecule has 0 aliphatic carbocycles. The summed E-state index contributed by atoms with van der Waals surface area (Å²) >= 11 is 0. The average Bonchev–Trinajstić information content (AvgIpc) is 2.74. The fourth-order valence-corrected chi connectivity index (χ4v) is 3.42. The van der Waals surface area contributed by atoms with Crippen LogP contribution in [0.4, 0.5) is 14.9 Å². The second-order valence-corrected chi connectivity index (χ2v) is 6.95. The molecule has 1 aliphatic heterocycles. The Morgan fingerprint density at radius 1 is 1.10 bits per heavy atom. The average molecular weight is 415 g/mol. The van der Waals surface area contributed by atoms with E-state index in [1.54, 1.807) is 49.3 Å². The molecule has 1 N–H and O–H groups in total. The van der Waals surface area contributed by atoms with E-state index in [9.17, 15) is 14.0 Å². The summed E-state index contributed by atoms with van der Waals surface area (Å²) in [5.41, 5.74) is 1.80. The Morgan fingerprint density at radius 2 is 1.87 bits per heavy atom. The van der Waals surface area contributed by atoms with E-state index in [-0.39, 0.29) is 18.3 Å². The van der Waals surface area contributed by atoms with E-state index in [1.807, 2.05) is 0 Å². The Hall–Kier alpha value is -3.13. The van der Waals surface area contributed by atoms with E-state index in [0.717, 1.165) is 5.56 Å². The summed E-state index contributed by atoms with van der Waals surface area (Å²) < 4.78 is 23.8. The van der Waals surface area contributed by atoms with Gasteiger partial charge in [0.2, 0.25) is 0 Å². The molecule has 0 saturated carbocycles. The minimum Gasteiger partial charge on any atom is -0.496 e. The number of ether oxygens (including phenoxy) is 2. The molecule has 0 radical (unpaired) electrons. The van der Waals surface area contributed by atoms with Gasteiger partial charge in [-0.3, -0.25) is 15.0 Å². The van der Waals surface area contributed by atoms with Crippen LogP contribution in [0.5, 0.6) is 5.75 Å². The number of nitrogens with zero attached hydrogens (tertiary/aromatic N) is 2. The Kier molecular flexibility index (Phi) is 7.24. The van der Waals surface area contributed by atoms with Gasteiger partial charge in [-0.1, -0.05) is 6.07 Å². The van der Waals surface area contributed by atoms with Crippen LogP contribution in [0.1, 0.15) is 22.8 Å². The lowest BCUT2D eigenvalue weighted by atomic mass is 10.1. The number of carbonyl (C=O) groups excluding carboxylic acids is 2. The molecule has 1 aliphatic rings. The van der Waals surface area contributed by atoms with Gasteiger partial charge >= 0.3 is 6.09 Å². The number of hydrogen-bond acceptors (Lipinski definition) is 5. The highest BCUT2D eigenvalue weighted by Gasteiger charge is 2.23. The summed E-state index contributed by atoms with van der Waals surface area (Å²) in [6.45, 7) is 5.03. The molecule has 3 rings (SSSR count). The number of hydrogen-bond donors (Lipinski definition) is 1. The summed E-state index contributed by atoms with van der Waals surface area (Å²) in [5, 5.41) is 2.61. The molecule has 1 saturated heterocycles. The maximum absolute atomic E-state index is 13.6. The standard InChI is InChI=1S/C22H26FN3O4/c1-3-30-22(28)24-19-6-4-5-16(14-19)21(27)26-11-9-25(10-12-26)15-17-13-18(23)7-8-20(17)29-2/h4-8,13-14H,3,9-12,15H2,1-2H3,(H,24,28). The number of anilines is 1. The first-order valence-corrected chi connectivity index (χ1v) is 9.88. The lowest BCUT2D eigenvalue weighted by Crippen LogP contribution is -2.48. The topological polar surface area (TPSA) is 71.1 Å². The fourth-order valence-electron chi connectivity index (χ4n) is 3.42. The number of nitrogens with one attached hydrogen (secondary N) is 1. The van der Waals surface area contributed by atoms with E-state index >= 15 is 0 Å². The molecule has 30 heavy (non-hydrogen) atoms. The normalized spacial score (nSPS) is 14.3. The van der Waals surface area contributed by atoms with Crippen LogP contribution in [0.25, 0.3) is 0 Å².